The van der Waals surface area contributed by atoms with Crippen molar-refractivity contribution in [1.29, 1.82) is 0 Å². The number of anilines is 1. The molecule has 3 rings (SSSR count). The van der Waals surface area contributed by atoms with Gasteiger partial charge in [0.15, 0.2) is 5.82 Å². The van der Waals surface area contributed by atoms with Crippen LogP contribution in [-0.2, 0) is 13.1 Å². The summed E-state index contributed by atoms with van der Waals surface area (Å²) in [7, 11) is 0. The van der Waals surface area contributed by atoms with Crippen LogP contribution in [0.15, 0.2) is 35.0 Å². The van der Waals surface area contributed by atoms with E-state index in [2.05, 4.69) is 38.0 Å². The third-order valence-corrected chi connectivity index (χ3v) is 3.48. The summed E-state index contributed by atoms with van der Waals surface area (Å²) in [5.41, 5.74) is 1.45. The summed E-state index contributed by atoms with van der Waals surface area (Å²) in [6.07, 6.45) is 2.64. The molecule has 0 spiro atoms. The highest BCUT2D eigenvalue weighted by atomic mass is 16.4. The van der Waals surface area contributed by atoms with Gasteiger partial charge in [-0.15, -0.1) is 20.4 Å². The largest absolute Gasteiger partial charge is 0.421 e. The molecule has 2 N–H and O–H groups in total. The monoisotopic (exact) mass is 341 g/mol. The lowest BCUT2D eigenvalue weighted by Crippen LogP contribution is -2.29. The Morgan fingerprint density at radius 2 is 2.00 bits per heavy atom. The second-order valence-electron chi connectivity index (χ2n) is 5.45. The average Bonchev–Trinajstić information content (AvgIpc) is 3.23. The molecule has 2 heterocycles. The second-order valence-corrected chi connectivity index (χ2v) is 5.45. The number of urea groups is 1. The zero-order valence-electron chi connectivity index (χ0n) is 14.1. The zero-order valence-corrected chi connectivity index (χ0v) is 14.1. The number of nitrogens with one attached hydrogen (secondary N) is 2. The van der Waals surface area contributed by atoms with Gasteiger partial charge in [0.25, 0.3) is 0 Å². The van der Waals surface area contributed by atoms with Crippen molar-refractivity contribution in [3.8, 4) is 11.5 Å². The number of rotatable bonds is 6. The molecule has 0 radical (unpaired) electrons. The maximum Gasteiger partial charge on any atom is 0.319 e. The third-order valence-electron chi connectivity index (χ3n) is 3.48. The average molecular weight is 341 g/mol. The van der Waals surface area contributed by atoms with Crippen molar-refractivity contribution in [2.24, 2.45) is 0 Å². The molecule has 0 fully saturated rings. The van der Waals surface area contributed by atoms with Gasteiger partial charge in [0.1, 0.15) is 6.33 Å². The Morgan fingerprint density at radius 3 is 2.68 bits per heavy atom. The molecule has 0 aliphatic rings. The molecular weight excluding hydrogens is 322 g/mol. The van der Waals surface area contributed by atoms with E-state index in [0.717, 1.165) is 24.4 Å². The summed E-state index contributed by atoms with van der Waals surface area (Å²) < 4.78 is 7.28. The normalized spacial score (nSPS) is 10.6. The van der Waals surface area contributed by atoms with E-state index < -0.39 is 0 Å². The highest BCUT2D eigenvalue weighted by molar-refractivity contribution is 5.89. The smallest absolute Gasteiger partial charge is 0.319 e. The van der Waals surface area contributed by atoms with Crippen LogP contribution in [-0.4, -0.2) is 31.0 Å². The van der Waals surface area contributed by atoms with Crippen molar-refractivity contribution in [3.05, 3.63) is 42.3 Å². The van der Waals surface area contributed by atoms with Gasteiger partial charge in [0, 0.05) is 24.7 Å². The number of carbonyl (C=O) groups is 1. The van der Waals surface area contributed by atoms with E-state index >= 15 is 0 Å². The lowest BCUT2D eigenvalue weighted by atomic mass is 10.2. The lowest BCUT2D eigenvalue weighted by molar-refractivity contribution is 0.251. The van der Waals surface area contributed by atoms with Gasteiger partial charge in [0.05, 0.1) is 6.54 Å². The van der Waals surface area contributed by atoms with Gasteiger partial charge < -0.3 is 19.6 Å². The first-order valence-corrected chi connectivity index (χ1v) is 7.98. The molecule has 0 unspecified atom stereocenters. The Morgan fingerprint density at radius 1 is 1.20 bits per heavy atom. The Bertz CT molecular complexity index is 838. The van der Waals surface area contributed by atoms with Gasteiger partial charge in [-0.1, -0.05) is 6.92 Å². The van der Waals surface area contributed by atoms with Crippen LogP contribution in [0.2, 0.25) is 0 Å². The van der Waals surface area contributed by atoms with Gasteiger partial charge in [-0.25, -0.2) is 4.79 Å². The van der Waals surface area contributed by atoms with Gasteiger partial charge in [0.2, 0.25) is 11.8 Å². The molecule has 0 saturated heterocycles. The van der Waals surface area contributed by atoms with Crippen molar-refractivity contribution < 1.29 is 9.21 Å². The predicted molar refractivity (Wildman–Crippen MR) is 90.6 cm³/mol. The molecule has 9 heteroatoms. The fraction of sp³-hybridized carbons (Fsp3) is 0.312. The number of nitrogens with zero attached hydrogens (tertiary/aromatic N) is 5. The molecule has 0 bridgehead atoms. The zero-order chi connectivity index (χ0) is 17.6. The Balaban J connectivity index is 1.55. The molecule has 25 heavy (non-hydrogen) atoms. The number of amides is 2. The molecule has 3 aromatic rings. The number of hydrogen-bond acceptors (Lipinski definition) is 6. The van der Waals surface area contributed by atoms with E-state index in [1.165, 1.54) is 0 Å². The first kappa shape index (κ1) is 16.6. The first-order valence-electron chi connectivity index (χ1n) is 7.98. The highest BCUT2D eigenvalue weighted by Crippen LogP contribution is 2.19. The van der Waals surface area contributed by atoms with Crippen LogP contribution in [0.4, 0.5) is 10.5 Å². The number of hydrogen-bond donors (Lipinski definition) is 2. The minimum absolute atomic E-state index is 0.311. The minimum Gasteiger partial charge on any atom is -0.421 e. The van der Waals surface area contributed by atoms with Crippen LogP contribution in [0.3, 0.4) is 0 Å². The van der Waals surface area contributed by atoms with Crippen molar-refractivity contribution in [2.75, 3.05) is 5.32 Å². The Kier molecular flexibility index (Phi) is 5.03. The number of benzene rings is 1. The first-order chi connectivity index (χ1) is 12.2. The Hall–Kier alpha value is -3.23. The fourth-order valence-corrected chi connectivity index (χ4v) is 2.29. The quantitative estimate of drug-likeness (QED) is 0.712. The maximum absolute atomic E-state index is 12.0. The standard InChI is InChI=1S/C16H19N7O2/c1-3-8-23-10-18-21-14(23)9-17-16(24)19-13-6-4-12(5-7-13)15-22-20-11(2)25-15/h4-7,10H,3,8-9H2,1-2H3,(H2,17,19,24). The lowest BCUT2D eigenvalue weighted by Gasteiger charge is -2.08. The van der Waals surface area contributed by atoms with Gasteiger partial charge in [-0.05, 0) is 30.7 Å². The molecular formula is C16H19N7O2. The van der Waals surface area contributed by atoms with Gasteiger partial charge >= 0.3 is 6.03 Å². The Labute approximate surface area is 144 Å². The van der Waals surface area contributed by atoms with E-state index in [4.69, 9.17) is 4.42 Å². The van der Waals surface area contributed by atoms with Crippen molar-refractivity contribution in [2.45, 2.75) is 33.4 Å². The van der Waals surface area contributed by atoms with E-state index in [1.807, 2.05) is 4.57 Å². The summed E-state index contributed by atoms with van der Waals surface area (Å²) >= 11 is 0. The van der Waals surface area contributed by atoms with Crippen LogP contribution in [0.5, 0.6) is 0 Å². The molecule has 0 atom stereocenters. The topological polar surface area (TPSA) is 111 Å². The molecule has 130 valence electrons. The van der Waals surface area contributed by atoms with Crippen molar-refractivity contribution in [1.82, 2.24) is 30.3 Å². The van der Waals surface area contributed by atoms with Gasteiger partial charge in [-0.2, -0.15) is 0 Å². The molecule has 0 aliphatic carbocycles. The predicted octanol–water partition coefficient (Wildman–Crippen LogP) is 2.37. The third kappa shape index (κ3) is 4.19. The fourth-order valence-electron chi connectivity index (χ4n) is 2.29. The number of carbonyl (C=O) groups excluding carboxylic acids is 1. The maximum atomic E-state index is 12.0. The van der Waals surface area contributed by atoms with Crippen LogP contribution >= 0.6 is 0 Å². The summed E-state index contributed by atoms with van der Waals surface area (Å²) in [4.78, 5) is 12.0. The van der Waals surface area contributed by atoms with E-state index in [0.29, 0.717) is 24.0 Å². The molecule has 0 saturated carbocycles. The van der Waals surface area contributed by atoms with E-state index in [1.54, 1.807) is 37.5 Å². The minimum atomic E-state index is -0.313. The molecule has 0 aliphatic heterocycles. The van der Waals surface area contributed by atoms with Crippen LogP contribution < -0.4 is 10.6 Å². The molecule has 9 nitrogen and oxygen atoms in total. The van der Waals surface area contributed by atoms with Crippen molar-refractivity contribution >= 4 is 11.7 Å². The summed E-state index contributed by atoms with van der Waals surface area (Å²) in [6, 6.07) is 6.84. The van der Waals surface area contributed by atoms with Crippen LogP contribution in [0.25, 0.3) is 11.5 Å². The highest BCUT2D eigenvalue weighted by Gasteiger charge is 2.08. The SMILES string of the molecule is CCCn1cnnc1CNC(=O)Nc1ccc(-c2nnc(C)o2)cc1. The molecule has 1 aromatic carbocycles. The number of aryl methyl sites for hydroxylation is 2. The summed E-state index contributed by atoms with van der Waals surface area (Å²) in [5, 5.41) is 21.2. The van der Waals surface area contributed by atoms with Crippen LogP contribution in [0, 0.1) is 6.92 Å². The second kappa shape index (κ2) is 7.56. The van der Waals surface area contributed by atoms with Crippen LogP contribution in [0.1, 0.15) is 25.1 Å². The van der Waals surface area contributed by atoms with Gasteiger partial charge in [-0.3, -0.25) is 0 Å². The summed E-state index contributed by atoms with van der Waals surface area (Å²) in [6.45, 7) is 4.94. The van der Waals surface area contributed by atoms with E-state index in [-0.39, 0.29) is 6.03 Å². The summed E-state index contributed by atoms with van der Waals surface area (Å²) in [5.74, 6) is 1.68. The van der Waals surface area contributed by atoms with E-state index in [9.17, 15) is 4.79 Å². The molecule has 2 aromatic heterocycles. The number of aromatic nitrogens is 5. The van der Waals surface area contributed by atoms with Crippen molar-refractivity contribution in [3.63, 3.8) is 0 Å². The molecule has 2 amide bonds.